The van der Waals surface area contributed by atoms with Crippen molar-refractivity contribution in [3.63, 3.8) is 0 Å². The molecule has 1 N–H and O–H groups in total. The van der Waals surface area contributed by atoms with Crippen molar-refractivity contribution in [1.82, 2.24) is 5.32 Å². The van der Waals surface area contributed by atoms with Crippen molar-refractivity contribution in [2.45, 2.75) is 6.04 Å². The van der Waals surface area contributed by atoms with Crippen molar-refractivity contribution < 1.29 is 4.42 Å². The average molecular weight is 275 g/mol. The second-order valence-electron chi connectivity index (χ2n) is 5.09. The van der Waals surface area contributed by atoms with Crippen LogP contribution in [0.1, 0.15) is 11.8 Å². The van der Waals surface area contributed by atoms with Gasteiger partial charge in [-0.2, -0.15) is 0 Å². The zero-order valence-corrected chi connectivity index (χ0v) is 11.2. The monoisotopic (exact) mass is 275 g/mol. The highest BCUT2D eigenvalue weighted by atomic mass is 16.3. The van der Waals surface area contributed by atoms with Crippen molar-refractivity contribution in [3.8, 4) is 0 Å². The van der Waals surface area contributed by atoms with E-state index in [9.17, 15) is 4.79 Å². The summed E-state index contributed by atoms with van der Waals surface area (Å²) in [5.74, 6) is 0.629. The number of nitrogens with one attached hydrogen (secondary N) is 1. The first-order valence-electron chi connectivity index (χ1n) is 6.87. The van der Waals surface area contributed by atoms with Crippen molar-refractivity contribution in [3.05, 3.63) is 81.0 Å². The number of hydrogen-bond acceptors (Lipinski definition) is 3. The molecule has 0 spiro atoms. The van der Waals surface area contributed by atoms with Crippen LogP contribution >= 0.6 is 0 Å². The number of benzene rings is 2. The Morgan fingerprint density at radius 3 is 2.62 bits per heavy atom. The summed E-state index contributed by atoms with van der Waals surface area (Å²) in [6.07, 6.45) is 4.03. The van der Waals surface area contributed by atoms with E-state index in [1.807, 2.05) is 42.6 Å². The lowest BCUT2D eigenvalue weighted by molar-refractivity contribution is 0.508. The van der Waals surface area contributed by atoms with Crippen LogP contribution < -0.4 is 21.2 Å². The minimum absolute atomic E-state index is 0.0130. The Labute approximate surface area is 120 Å². The van der Waals surface area contributed by atoms with Crippen LogP contribution in [0.2, 0.25) is 0 Å². The van der Waals surface area contributed by atoms with Crippen LogP contribution in [0, 0.1) is 0 Å². The highest BCUT2D eigenvalue weighted by Crippen LogP contribution is 2.19. The van der Waals surface area contributed by atoms with Crippen molar-refractivity contribution in [1.29, 1.82) is 0 Å². The molecule has 1 aliphatic heterocycles. The first kappa shape index (κ1) is 12.0. The summed E-state index contributed by atoms with van der Waals surface area (Å²) < 4.78 is 5.88. The minimum atomic E-state index is -0.128. The molecule has 3 heteroatoms. The van der Waals surface area contributed by atoms with Crippen LogP contribution in [0.3, 0.4) is 0 Å². The minimum Gasteiger partial charge on any atom is -0.458 e. The molecule has 21 heavy (non-hydrogen) atoms. The SMILES string of the molecule is O=c1cc(C2C=c3ccccc3=CN2)oc2ccccc12. The molecule has 4 rings (SSSR count). The highest BCUT2D eigenvalue weighted by molar-refractivity contribution is 5.76. The molecule has 0 bridgehead atoms. The largest absolute Gasteiger partial charge is 0.458 e. The molecule has 3 aromatic rings. The van der Waals surface area contributed by atoms with Crippen LogP contribution in [-0.2, 0) is 0 Å². The van der Waals surface area contributed by atoms with Crippen LogP contribution in [0.25, 0.3) is 23.2 Å². The average Bonchev–Trinajstić information content (AvgIpc) is 2.54. The Hall–Kier alpha value is -2.81. The highest BCUT2D eigenvalue weighted by Gasteiger charge is 2.14. The predicted molar refractivity (Wildman–Crippen MR) is 83.0 cm³/mol. The zero-order valence-electron chi connectivity index (χ0n) is 11.2. The van der Waals surface area contributed by atoms with Crippen LogP contribution in [0.15, 0.2) is 63.8 Å². The fraction of sp³-hybridized carbons (Fsp3) is 0.0556. The fourth-order valence-corrected chi connectivity index (χ4v) is 2.64. The summed E-state index contributed by atoms with van der Waals surface area (Å²) in [4.78, 5) is 12.2. The van der Waals surface area contributed by atoms with Crippen LogP contribution in [0.4, 0.5) is 0 Å². The Morgan fingerprint density at radius 1 is 0.952 bits per heavy atom. The molecule has 0 saturated carbocycles. The second-order valence-corrected chi connectivity index (χ2v) is 5.09. The maximum atomic E-state index is 12.2. The van der Waals surface area contributed by atoms with E-state index in [4.69, 9.17) is 4.42 Å². The molecule has 1 aliphatic rings. The Kier molecular flexibility index (Phi) is 2.64. The normalized spacial score (nSPS) is 16.5. The van der Waals surface area contributed by atoms with Gasteiger partial charge in [-0.1, -0.05) is 36.4 Å². The molecule has 0 saturated heterocycles. The van der Waals surface area contributed by atoms with E-state index in [2.05, 4.69) is 17.5 Å². The number of hydrogen-bond donors (Lipinski definition) is 1. The van der Waals surface area contributed by atoms with Gasteiger partial charge in [0.1, 0.15) is 17.4 Å². The molecule has 102 valence electrons. The third kappa shape index (κ3) is 2.03. The first-order chi connectivity index (χ1) is 10.3. The predicted octanol–water partition coefficient (Wildman–Crippen LogP) is 1.66. The quantitative estimate of drug-likeness (QED) is 0.734. The van der Waals surface area contributed by atoms with Gasteiger partial charge in [0.2, 0.25) is 0 Å². The summed E-state index contributed by atoms with van der Waals surface area (Å²) in [6, 6.07) is 16.9. The van der Waals surface area contributed by atoms with Crippen molar-refractivity contribution in [2.75, 3.05) is 0 Å². The molecule has 2 heterocycles. The Bertz CT molecular complexity index is 1000. The first-order valence-corrected chi connectivity index (χ1v) is 6.87. The molecule has 0 amide bonds. The van der Waals surface area contributed by atoms with E-state index < -0.39 is 0 Å². The van der Waals surface area contributed by atoms with Gasteiger partial charge >= 0.3 is 0 Å². The van der Waals surface area contributed by atoms with Gasteiger partial charge < -0.3 is 9.73 Å². The molecular weight excluding hydrogens is 262 g/mol. The lowest BCUT2D eigenvalue weighted by Crippen LogP contribution is -2.34. The van der Waals surface area contributed by atoms with Gasteiger partial charge in [0.05, 0.1) is 5.39 Å². The van der Waals surface area contributed by atoms with E-state index in [1.54, 1.807) is 12.1 Å². The summed E-state index contributed by atoms with van der Waals surface area (Å²) in [5, 5.41) is 6.15. The van der Waals surface area contributed by atoms with Gasteiger partial charge in [-0.3, -0.25) is 4.79 Å². The smallest absolute Gasteiger partial charge is 0.193 e. The number of rotatable bonds is 1. The second kappa shape index (κ2) is 4.63. The number of para-hydroxylation sites is 1. The van der Waals surface area contributed by atoms with E-state index >= 15 is 0 Å². The molecule has 0 radical (unpaired) electrons. The van der Waals surface area contributed by atoms with E-state index in [0.29, 0.717) is 16.7 Å². The van der Waals surface area contributed by atoms with Gasteiger partial charge in [-0.05, 0) is 28.6 Å². The van der Waals surface area contributed by atoms with Crippen LogP contribution in [0.5, 0.6) is 0 Å². The third-order valence-electron chi connectivity index (χ3n) is 3.72. The molecule has 2 aromatic carbocycles. The van der Waals surface area contributed by atoms with E-state index in [0.717, 1.165) is 10.4 Å². The van der Waals surface area contributed by atoms with Crippen molar-refractivity contribution in [2.24, 2.45) is 0 Å². The topological polar surface area (TPSA) is 42.2 Å². The zero-order chi connectivity index (χ0) is 14.2. The summed E-state index contributed by atoms with van der Waals surface area (Å²) in [6.45, 7) is 0. The standard InChI is InChI=1S/C18H13NO2/c20-16-10-18(21-17-8-4-3-7-14(16)17)15-9-12-5-1-2-6-13(12)11-19-15/h1-11,15,19H. The molecule has 1 aromatic heterocycles. The summed E-state index contributed by atoms with van der Waals surface area (Å²) in [7, 11) is 0. The van der Waals surface area contributed by atoms with Gasteiger partial charge in [-0.15, -0.1) is 0 Å². The van der Waals surface area contributed by atoms with E-state index in [1.165, 1.54) is 0 Å². The molecule has 0 aliphatic carbocycles. The van der Waals surface area contributed by atoms with Gasteiger partial charge in [0.25, 0.3) is 0 Å². The summed E-state index contributed by atoms with van der Waals surface area (Å²) in [5.41, 5.74) is 0.606. The lowest BCUT2D eigenvalue weighted by Gasteiger charge is -2.16. The maximum Gasteiger partial charge on any atom is 0.193 e. The molecule has 1 atom stereocenters. The Morgan fingerprint density at radius 2 is 1.71 bits per heavy atom. The van der Waals surface area contributed by atoms with Crippen molar-refractivity contribution >= 4 is 23.2 Å². The number of fused-ring (bicyclic) bond motifs is 2. The molecular formula is C18H13NO2. The van der Waals surface area contributed by atoms with Gasteiger partial charge in [0, 0.05) is 12.3 Å². The summed E-state index contributed by atoms with van der Waals surface area (Å²) >= 11 is 0. The molecule has 1 unspecified atom stereocenters. The van der Waals surface area contributed by atoms with Crippen LogP contribution in [-0.4, -0.2) is 0 Å². The lowest BCUT2D eigenvalue weighted by atomic mass is 10.1. The third-order valence-corrected chi connectivity index (χ3v) is 3.72. The van der Waals surface area contributed by atoms with Gasteiger partial charge in [0.15, 0.2) is 5.43 Å². The van der Waals surface area contributed by atoms with E-state index in [-0.39, 0.29) is 11.5 Å². The fourth-order valence-electron chi connectivity index (χ4n) is 2.64. The maximum absolute atomic E-state index is 12.2. The van der Waals surface area contributed by atoms with Gasteiger partial charge in [-0.25, -0.2) is 0 Å². The molecule has 3 nitrogen and oxygen atoms in total. The Balaban J connectivity index is 1.89. The molecule has 0 fully saturated rings.